The number of rotatable bonds is 3. The molecule has 2 N–H and O–H groups in total. The summed E-state index contributed by atoms with van der Waals surface area (Å²) in [7, 11) is 4.00. The molecule has 0 spiro atoms. The molecule has 5 aliphatic rings. The van der Waals surface area contributed by atoms with E-state index in [4.69, 9.17) is 42.9 Å². The molecular weight excluding hydrogens is 828 g/mol. The summed E-state index contributed by atoms with van der Waals surface area (Å²) in [6.07, 6.45) is 7.16. The van der Waals surface area contributed by atoms with Crippen LogP contribution in [-0.4, -0.2) is 73.2 Å². The number of carbonyl (C=O) groups is 3. The Morgan fingerprint density at radius 1 is 1.03 bits per heavy atom. The molecule has 2 aromatic carbocycles. The lowest BCUT2D eigenvalue weighted by atomic mass is 9.85. The monoisotopic (exact) mass is 876 g/mol. The molecule has 0 fully saturated rings. The Morgan fingerprint density at radius 3 is 2.44 bits per heavy atom. The first-order valence-electron chi connectivity index (χ1n) is 19.3. The summed E-state index contributed by atoms with van der Waals surface area (Å²) in [5, 5.41) is 9.82. The molecule has 0 saturated heterocycles. The highest BCUT2D eigenvalue weighted by atomic mass is 79.9. The Hall–Kier alpha value is -5.25. The van der Waals surface area contributed by atoms with Crippen molar-refractivity contribution in [1.29, 1.82) is 0 Å². The number of esters is 1. The van der Waals surface area contributed by atoms with Crippen LogP contribution in [0.1, 0.15) is 70.3 Å². The number of allylic oxidation sites excluding steroid dienone is 3. The first-order valence-corrected chi connectivity index (χ1v) is 20.1. The molecule has 0 saturated carbocycles. The predicted octanol–water partition coefficient (Wildman–Crippen LogP) is 7.81. The van der Waals surface area contributed by atoms with Gasteiger partial charge in [-0.05, 0) is 56.7 Å². The van der Waals surface area contributed by atoms with Crippen LogP contribution >= 0.6 is 15.9 Å². The van der Waals surface area contributed by atoms with Crippen molar-refractivity contribution in [3.63, 3.8) is 0 Å². The van der Waals surface area contributed by atoms with Crippen molar-refractivity contribution in [2.24, 2.45) is 17.8 Å². The van der Waals surface area contributed by atoms with Gasteiger partial charge in [-0.3, -0.25) is 19.2 Å². The molecule has 6 bridgehead atoms. The van der Waals surface area contributed by atoms with Crippen molar-refractivity contribution in [2.45, 2.75) is 85.4 Å². The Morgan fingerprint density at radius 2 is 1.76 bits per heavy atom. The second-order valence-electron chi connectivity index (χ2n) is 15.3. The van der Waals surface area contributed by atoms with Gasteiger partial charge in [0.25, 0.3) is 11.7 Å². The largest absolute Gasteiger partial charge is 0.494 e. The number of ketones is 1. The van der Waals surface area contributed by atoms with Crippen LogP contribution in [0.25, 0.3) is 33.3 Å². The molecule has 2 aromatic rings. The first-order chi connectivity index (χ1) is 28.1. The van der Waals surface area contributed by atoms with Gasteiger partial charge in [0.15, 0.2) is 11.3 Å². The number of aliphatic hydroxyl groups is 1. The van der Waals surface area contributed by atoms with Crippen LogP contribution in [0, 0.1) is 24.7 Å². The Kier molecular flexibility index (Phi) is 12.6. The van der Waals surface area contributed by atoms with E-state index in [0.29, 0.717) is 27.8 Å². The zero-order valence-corrected chi connectivity index (χ0v) is 36.3. The Bertz CT molecular complexity index is 2450. The maximum Gasteiger partial charge on any atom is 0.312 e. The number of hydrogen-bond acceptors (Lipinski definition) is 13. The molecule has 3 unspecified atom stereocenters. The van der Waals surface area contributed by atoms with Crippen LogP contribution in [0.2, 0.25) is 0 Å². The maximum absolute atomic E-state index is 15.3. The molecule has 59 heavy (non-hydrogen) atoms. The van der Waals surface area contributed by atoms with E-state index in [-0.39, 0.29) is 67.9 Å². The van der Waals surface area contributed by atoms with E-state index in [1.54, 1.807) is 38.1 Å². The van der Waals surface area contributed by atoms with Gasteiger partial charge in [0.1, 0.15) is 46.4 Å². The van der Waals surface area contributed by atoms with Crippen LogP contribution in [0.3, 0.4) is 0 Å². The number of halogens is 1. The summed E-state index contributed by atoms with van der Waals surface area (Å²) in [6.45, 7) is 12.2. The minimum atomic E-state index is -1.90. The highest BCUT2D eigenvalue weighted by Crippen LogP contribution is 2.52. The average molecular weight is 878 g/mol. The predicted molar refractivity (Wildman–Crippen MR) is 224 cm³/mol. The quantitative estimate of drug-likeness (QED) is 0.116. The van der Waals surface area contributed by atoms with E-state index in [0.717, 1.165) is 13.5 Å². The summed E-state index contributed by atoms with van der Waals surface area (Å²) < 4.78 is 44.4. The van der Waals surface area contributed by atoms with Crippen LogP contribution < -0.4 is 25.0 Å². The van der Waals surface area contributed by atoms with Crippen LogP contribution in [-0.2, 0) is 23.8 Å². The van der Waals surface area contributed by atoms with Crippen molar-refractivity contribution < 1.29 is 52.3 Å². The molecule has 14 nitrogen and oxygen atoms in total. The molecule has 314 valence electrons. The minimum Gasteiger partial charge on any atom is -0.494 e. The number of benzene rings is 3. The van der Waals surface area contributed by atoms with Gasteiger partial charge < -0.3 is 43.3 Å². The lowest BCUT2D eigenvalue weighted by molar-refractivity contribution is -0.159. The van der Waals surface area contributed by atoms with Crippen molar-refractivity contribution in [1.82, 2.24) is 4.98 Å². The molecule has 0 aromatic heterocycles. The normalized spacial score (nSPS) is 27.6. The van der Waals surface area contributed by atoms with Gasteiger partial charge in [-0.2, -0.15) is 0 Å². The summed E-state index contributed by atoms with van der Waals surface area (Å²) in [5.41, 5.74) is 0.318. The van der Waals surface area contributed by atoms with E-state index >= 15 is 4.79 Å². The fraction of sp³-hybridized carbons (Fsp3) is 0.432. The van der Waals surface area contributed by atoms with Crippen molar-refractivity contribution >= 4 is 61.1 Å². The second-order valence-corrected chi connectivity index (χ2v) is 16.2. The summed E-state index contributed by atoms with van der Waals surface area (Å²) in [5.74, 6) is -3.59. The number of anilines is 1. The van der Waals surface area contributed by atoms with Crippen molar-refractivity contribution in [3.05, 3.63) is 74.1 Å². The fourth-order valence-corrected chi connectivity index (χ4v) is 8.53. The topological polar surface area (TPSA) is 182 Å². The number of nitrogens with zero attached hydrogens (tertiary/aromatic N) is 1. The molecule has 4 aliphatic heterocycles. The molecule has 7 rings (SSSR count). The molecule has 7 atom stereocenters. The molecule has 0 radical (unpaired) electrons. The highest BCUT2D eigenvalue weighted by Gasteiger charge is 2.51. The van der Waals surface area contributed by atoms with E-state index in [1.165, 1.54) is 34.3 Å². The van der Waals surface area contributed by atoms with E-state index in [9.17, 15) is 14.4 Å². The number of hydrogen-bond donors (Lipinski definition) is 2. The third kappa shape index (κ3) is 7.95. The van der Waals surface area contributed by atoms with E-state index < -0.39 is 53.1 Å². The third-order valence-electron chi connectivity index (χ3n) is 11.0. The molecule has 4 heterocycles. The highest BCUT2D eigenvalue weighted by molar-refractivity contribution is 9.10. The van der Waals surface area contributed by atoms with Crippen LogP contribution in [0.5, 0.6) is 17.2 Å². The summed E-state index contributed by atoms with van der Waals surface area (Å²) >= 11 is 3.49. The van der Waals surface area contributed by atoms with E-state index in [1.807, 2.05) is 19.1 Å². The van der Waals surface area contributed by atoms with Crippen molar-refractivity contribution in [2.75, 3.05) is 26.6 Å². The summed E-state index contributed by atoms with van der Waals surface area (Å²) in [6, 6.07) is 3.37. The standard InChI is InChI=1S/C43H45BrN2O11.CH4O/c1-19-11-10-12-21(3)42(50)46-35-36(48)31-30(34-40(35)55-28-18-25(44)17-27(52-9)33(28)45-34)32-39-23(5)38(31)56-29(16-20(2)15-19)37(54-24(6)47)22(4)26(51-8)13-14-53-43(7,57-39)41(32)49;1-2/h10-14,17-20,22,26,29,37H,15-16H2,1-9H3,(H,46,50);2H,1H3/b11-10+,14-13+,21-12-;/t19?,20-,22-,26+,29?,37?,43+;/m1./s1. The molecule has 1 aliphatic carbocycles. The third-order valence-corrected chi connectivity index (χ3v) is 11.4. The van der Waals surface area contributed by atoms with Gasteiger partial charge >= 0.3 is 11.8 Å². The van der Waals surface area contributed by atoms with Gasteiger partial charge in [0.2, 0.25) is 5.43 Å². The molecular formula is C44H49BrN2O12. The number of ether oxygens (including phenoxy) is 6. The zero-order chi connectivity index (χ0) is 43.1. The lowest BCUT2D eigenvalue weighted by Crippen LogP contribution is -2.45. The van der Waals surface area contributed by atoms with Crippen LogP contribution in [0.4, 0.5) is 5.69 Å². The smallest absolute Gasteiger partial charge is 0.312 e. The van der Waals surface area contributed by atoms with Crippen LogP contribution in [0.15, 0.2) is 62.0 Å². The number of methoxy groups -OCH3 is 2. The maximum atomic E-state index is 15.3. The fourth-order valence-electron chi connectivity index (χ4n) is 8.12. The van der Waals surface area contributed by atoms with Crippen molar-refractivity contribution in [3.8, 4) is 28.7 Å². The Labute approximate surface area is 350 Å². The van der Waals surface area contributed by atoms with Gasteiger partial charge in [0, 0.05) is 55.0 Å². The average Bonchev–Trinajstić information content (AvgIpc) is 3.46. The summed E-state index contributed by atoms with van der Waals surface area (Å²) in [4.78, 5) is 61.8. The van der Waals surface area contributed by atoms with Gasteiger partial charge in [-0.15, -0.1) is 0 Å². The number of aliphatic hydroxyl groups excluding tert-OH is 1. The van der Waals surface area contributed by atoms with Gasteiger partial charge in [0.05, 0.1) is 30.4 Å². The number of Topliss-reactive ketones (excluding diaryl/α,β-unsaturated/α-hetero) is 1. The molecule has 15 heteroatoms. The number of carbonyl (C=O) groups excluding carboxylic acids is 3. The van der Waals surface area contributed by atoms with Gasteiger partial charge in [-0.25, -0.2) is 4.98 Å². The number of amides is 1. The lowest BCUT2D eigenvalue weighted by Gasteiger charge is -2.36. The number of aromatic nitrogens is 1. The minimum absolute atomic E-state index is 0.000549. The second kappa shape index (κ2) is 17.2. The number of fused-ring (bicyclic) bond motifs is 8. The Balaban J connectivity index is 0.00000288. The zero-order valence-electron chi connectivity index (χ0n) is 34.7. The van der Waals surface area contributed by atoms with E-state index in [2.05, 4.69) is 35.1 Å². The first kappa shape index (κ1) is 43.3. The SMILES string of the molecule is CO.COc1cc(Br)cc2oc3c4c(=O)c5c6c(C)c7c(c5c-3nc12)C(=O)[C@@](C)(O/C=C/[C@H](OC)[C@@H](C)C(OC(C)=O)C(C[C@H](C)CC(C)/C=C/C=C(/C)C(=O)N4)O6)O7. The molecule has 1 amide bonds. The van der Waals surface area contributed by atoms with Gasteiger partial charge in [-0.1, -0.05) is 54.9 Å². The number of nitrogens with one attached hydrogen (secondary N) is 1.